The van der Waals surface area contributed by atoms with Gasteiger partial charge in [-0.15, -0.1) is 0 Å². The van der Waals surface area contributed by atoms with Crippen molar-refractivity contribution in [3.05, 3.63) is 35.4 Å². The van der Waals surface area contributed by atoms with E-state index < -0.39 is 0 Å². The molecule has 1 aromatic rings. The maximum absolute atomic E-state index is 5.66. The summed E-state index contributed by atoms with van der Waals surface area (Å²) in [5, 5.41) is 0. The summed E-state index contributed by atoms with van der Waals surface area (Å²) >= 11 is 0. The third-order valence-corrected chi connectivity index (χ3v) is 5.24. The van der Waals surface area contributed by atoms with Gasteiger partial charge in [0, 0.05) is 25.7 Å². The maximum Gasteiger partial charge on any atom is 0.0320 e. The highest BCUT2D eigenvalue weighted by Crippen LogP contribution is 2.46. The van der Waals surface area contributed by atoms with E-state index in [1.807, 2.05) is 0 Å². The van der Waals surface area contributed by atoms with Gasteiger partial charge in [-0.1, -0.05) is 43.5 Å². The number of nitrogens with zero attached hydrogens (tertiary/aromatic N) is 1. The van der Waals surface area contributed by atoms with E-state index in [1.165, 1.54) is 56.3 Å². The molecule has 2 N–H and O–H groups in total. The third kappa shape index (κ3) is 2.56. The van der Waals surface area contributed by atoms with Crippen molar-refractivity contribution in [3.8, 4) is 0 Å². The predicted octanol–water partition coefficient (Wildman–Crippen LogP) is 3.47. The Balaban J connectivity index is 1.60. The molecule has 1 aromatic carbocycles. The van der Waals surface area contributed by atoms with E-state index in [1.54, 1.807) is 0 Å². The van der Waals surface area contributed by atoms with Crippen LogP contribution in [-0.4, -0.2) is 18.0 Å². The average Bonchev–Trinajstić information content (AvgIpc) is 2.45. The second-order valence-electron chi connectivity index (χ2n) is 6.59. The highest BCUT2D eigenvalue weighted by atomic mass is 15.2. The summed E-state index contributed by atoms with van der Waals surface area (Å²) in [7, 11) is 0. The smallest absolute Gasteiger partial charge is 0.0320 e. The zero-order valence-electron chi connectivity index (χ0n) is 12.1. The molecule has 0 aromatic heterocycles. The normalized spacial score (nSPS) is 24.1. The topological polar surface area (TPSA) is 29.3 Å². The molecule has 1 heterocycles. The van der Waals surface area contributed by atoms with Crippen LogP contribution < -0.4 is 5.73 Å². The number of nitrogens with two attached hydrogens (primary N) is 1. The van der Waals surface area contributed by atoms with Gasteiger partial charge in [0.05, 0.1) is 0 Å². The van der Waals surface area contributed by atoms with Crippen LogP contribution in [0.5, 0.6) is 0 Å². The summed E-state index contributed by atoms with van der Waals surface area (Å²) in [6.07, 6.45) is 7.28. The van der Waals surface area contributed by atoms with E-state index >= 15 is 0 Å². The van der Waals surface area contributed by atoms with Crippen LogP contribution in [0.2, 0.25) is 0 Å². The first kappa shape index (κ1) is 13.1. The fraction of sp³-hybridized carbons (Fsp3) is 0.647. The lowest BCUT2D eigenvalue weighted by Crippen LogP contribution is -2.57. The lowest BCUT2D eigenvalue weighted by atomic mass is 9.68. The van der Waals surface area contributed by atoms with Crippen molar-refractivity contribution in [1.82, 2.24) is 4.90 Å². The van der Waals surface area contributed by atoms with Crippen LogP contribution in [0.4, 0.5) is 0 Å². The van der Waals surface area contributed by atoms with Gasteiger partial charge in [0.25, 0.3) is 0 Å². The van der Waals surface area contributed by atoms with Crippen LogP contribution in [-0.2, 0) is 6.54 Å². The molecule has 1 unspecified atom stereocenters. The molecule has 19 heavy (non-hydrogen) atoms. The van der Waals surface area contributed by atoms with Gasteiger partial charge >= 0.3 is 0 Å². The molecule has 1 atom stereocenters. The fourth-order valence-corrected chi connectivity index (χ4v) is 3.85. The van der Waals surface area contributed by atoms with Crippen molar-refractivity contribution < 1.29 is 0 Å². The van der Waals surface area contributed by atoms with Crippen molar-refractivity contribution in [1.29, 1.82) is 0 Å². The lowest BCUT2D eigenvalue weighted by Gasteiger charge is -2.55. The Morgan fingerprint density at radius 1 is 1.11 bits per heavy atom. The van der Waals surface area contributed by atoms with Crippen LogP contribution in [0.3, 0.4) is 0 Å². The van der Waals surface area contributed by atoms with Gasteiger partial charge in [0.15, 0.2) is 0 Å². The summed E-state index contributed by atoms with van der Waals surface area (Å²) in [6, 6.07) is 9.39. The van der Waals surface area contributed by atoms with E-state index in [4.69, 9.17) is 5.73 Å². The Hall–Kier alpha value is -0.860. The largest absolute Gasteiger partial charge is 0.326 e. The van der Waals surface area contributed by atoms with E-state index in [2.05, 4.69) is 36.1 Å². The van der Waals surface area contributed by atoms with E-state index in [-0.39, 0.29) is 0 Å². The number of hydrogen-bond donors (Lipinski definition) is 1. The molecule has 2 fully saturated rings. The van der Waals surface area contributed by atoms with E-state index in [0.29, 0.717) is 18.0 Å². The van der Waals surface area contributed by atoms with Gasteiger partial charge in [0.1, 0.15) is 0 Å². The van der Waals surface area contributed by atoms with Crippen molar-refractivity contribution in [2.45, 2.75) is 51.6 Å². The van der Waals surface area contributed by atoms with Gasteiger partial charge in [-0.2, -0.15) is 0 Å². The van der Waals surface area contributed by atoms with E-state index in [9.17, 15) is 0 Å². The first-order valence-corrected chi connectivity index (χ1v) is 7.75. The monoisotopic (exact) mass is 258 g/mol. The highest BCUT2D eigenvalue weighted by Gasteiger charge is 2.44. The highest BCUT2D eigenvalue weighted by molar-refractivity contribution is 5.25. The van der Waals surface area contributed by atoms with Crippen LogP contribution >= 0.6 is 0 Å². The molecule has 0 amide bonds. The molecule has 1 saturated heterocycles. The summed E-state index contributed by atoms with van der Waals surface area (Å²) in [5.41, 5.74) is 9.00. The van der Waals surface area contributed by atoms with Crippen LogP contribution in [0.1, 0.15) is 56.2 Å². The standard InChI is InChI=1S/C17H26N2/c1-14(16-7-5-15(11-18)6-8-16)19-12-17(13-19)9-3-2-4-10-17/h5-8,14H,2-4,9-13,18H2,1H3. The quantitative estimate of drug-likeness (QED) is 0.899. The van der Waals surface area contributed by atoms with Gasteiger partial charge in [0.2, 0.25) is 0 Å². The summed E-state index contributed by atoms with van der Waals surface area (Å²) < 4.78 is 0. The minimum Gasteiger partial charge on any atom is -0.326 e. The van der Waals surface area contributed by atoms with Crippen LogP contribution in [0.25, 0.3) is 0 Å². The van der Waals surface area contributed by atoms with Crippen molar-refractivity contribution in [2.75, 3.05) is 13.1 Å². The third-order valence-electron chi connectivity index (χ3n) is 5.24. The second kappa shape index (κ2) is 5.26. The Kier molecular flexibility index (Phi) is 3.64. The summed E-state index contributed by atoms with van der Waals surface area (Å²) in [5.74, 6) is 0. The molecule has 0 radical (unpaired) electrons. The van der Waals surface area contributed by atoms with Crippen molar-refractivity contribution in [3.63, 3.8) is 0 Å². The first-order chi connectivity index (χ1) is 9.22. The summed E-state index contributed by atoms with van der Waals surface area (Å²) in [6.45, 7) is 5.61. The Morgan fingerprint density at radius 3 is 2.32 bits per heavy atom. The maximum atomic E-state index is 5.66. The SMILES string of the molecule is CC(c1ccc(CN)cc1)N1CC2(CCCCC2)C1. The van der Waals surface area contributed by atoms with E-state index in [0.717, 1.165) is 0 Å². The minimum atomic E-state index is 0.555. The molecular formula is C17H26N2. The molecule has 1 aliphatic carbocycles. The molecule has 1 spiro atoms. The number of hydrogen-bond acceptors (Lipinski definition) is 2. The summed E-state index contributed by atoms with van der Waals surface area (Å²) in [4.78, 5) is 2.64. The Labute approximate surface area is 117 Å². The Morgan fingerprint density at radius 2 is 1.74 bits per heavy atom. The molecule has 2 heteroatoms. The molecular weight excluding hydrogens is 232 g/mol. The van der Waals surface area contributed by atoms with Gasteiger partial charge in [-0.05, 0) is 36.3 Å². The van der Waals surface area contributed by atoms with Crippen molar-refractivity contribution >= 4 is 0 Å². The molecule has 1 saturated carbocycles. The zero-order chi connectivity index (χ0) is 13.3. The molecule has 104 valence electrons. The van der Waals surface area contributed by atoms with Crippen LogP contribution in [0, 0.1) is 5.41 Å². The predicted molar refractivity (Wildman–Crippen MR) is 79.8 cm³/mol. The Bertz CT molecular complexity index is 409. The number of benzene rings is 1. The molecule has 2 nitrogen and oxygen atoms in total. The second-order valence-corrected chi connectivity index (χ2v) is 6.59. The minimum absolute atomic E-state index is 0.555. The lowest BCUT2D eigenvalue weighted by molar-refractivity contribution is -0.0517. The molecule has 1 aliphatic heterocycles. The van der Waals surface area contributed by atoms with Gasteiger partial charge in [-0.3, -0.25) is 4.90 Å². The molecule has 2 aliphatic rings. The molecule has 3 rings (SSSR count). The average molecular weight is 258 g/mol. The molecule has 0 bridgehead atoms. The van der Waals surface area contributed by atoms with Gasteiger partial charge in [-0.25, -0.2) is 0 Å². The number of likely N-dealkylation sites (tertiary alicyclic amines) is 1. The van der Waals surface area contributed by atoms with Gasteiger partial charge < -0.3 is 5.73 Å². The number of rotatable bonds is 3. The van der Waals surface area contributed by atoms with Crippen molar-refractivity contribution in [2.24, 2.45) is 11.1 Å². The fourth-order valence-electron chi connectivity index (χ4n) is 3.85. The van der Waals surface area contributed by atoms with Crippen LogP contribution in [0.15, 0.2) is 24.3 Å². The zero-order valence-corrected chi connectivity index (χ0v) is 12.1. The first-order valence-electron chi connectivity index (χ1n) is 7.75.